The second kappa shape index (κ2) is 3.71. The summed E-state index contributed by atoms with van der Waals surface area (Å²) in [6.45, 7) is 1.46. The first-order valence-corrected chi connectivity index (χ1v) is 7.74. The second-order valence-electron chi connectivity index (χ2n) is 7.15. The van der Waals surface area contributed by atoms with E-state index in [1.54, 1.807) is 25.7 Å². The Morgan fingerprint density at radius 1 is 1.06 bits per heavy atom. The van der Waals surface area contributed by atoms with Crippen LogP contribution >= 0.6 is 0 Å². The van der Waals surface area contributed by atoms with Gasteiger partial charge in [0.1, 0.15) is 0 Å². The minimum Gasteiger partial charge on any atom is -0.317 e. The molecule has 0 aromatic heterocycles. The van der Waals surface area contributed by atoms with Gasteiger partial charge >= 0.3 is 0 Å². The highest BCUT2D eigenvalue weighted by Gasteiger charge is 2.56. The van der Waals surface area contributed by atoms with Crippen molar-refractivity contribution in [3.8, 4) is 0 Å². The van der Waals surface area contributed by atoms with Gasteiger partial charge in [-0.15, -0.1) is 0 Å². The molecule has 0 radical (unpaired) electrons. The topological polar surface area (TPSA) is 15.3 Å². The average molecular weight is 234 g/mol. The first-order valence-electron chi connectivity index (χ1n) is 7.74. The summed E-state index contributed by atoms with van der Waals surface area (Å²) in [7, 11) is 2.15. The zero-order valence-corrected chi connectivity index (χ0v) is 11.1. The molecule has 2 aliphatic carbocycles. The number of fused-ring (bicyclic) bond motifs is 2. The third-order valence-electron chi connectivity index (χ3n) is 6.13. The Labute approximate surface area is 105 Å². The summed E-state index contributed by atoms with van der Waals surface area (Å²) >= 11 is 0. The van der Waals surface area contributed by atoms with Gasteiger partial charge < -0.3 is 5.32 Å². The number of hydrogen-bond acceptors (Lipinski definition) is 2. The van der Waals surface area contributed by atoms with Crippen molar-refractivity contribution in [3.63, 3.8) is 0 Å². The van der Waals surface area contributed by atoms with Crippen LogP contribution in [0.25, 0.3) is 0 Å². The summed E-state index contributed by atoms with van der Waals surface area (Å²) in [6.07, 6.45) is 11.9. The average Bonchev–Trinajstić information content (AvgIpc) is 3.20. The molecule has 2 heterocycles. The minimum absolute atomic E-state index is 0.805. The molecule has 2 nitrogen and oxygen atoms in total. The molecule has 96 valence electrons. The van der Waals surface area contributed by atoms with Crippen molar-refractivity contribution < 1.29 is 0 Å². The Morgan fingerprint density at radius 2 is 1.71 bits per heavy atom. The van der Waals surface area contributed by atoms with Gasteiger partial charge in [0, 0.05) is 24.7 Å². The van der Waals surface area contributed by atoms with E-state index in [9.17, 15) is 0 Å². The third kappa shape index (κ3) is 1.76. The van der Waals surface area contributed by atoms with E-state index in [0.29, 0.717) is 0 Å². The lowest BCUT2D eigenvalue weighted by molar-refractivity contribution is 0.0881. The molecule has 2 heteroatoms. The molecule has 0 amide bonds. The number of hydrogen-bond donors (Lipinski definition) is 1. The fourth-order valence-electron chi connectivity index (χ4n) is 4.68. The van der Waals surface area contributed by atoms with E-state index in [0.717, 1.165) is 29.5 Å². The summed E-state index contributed by atoms with van der Waals surface area (Å²) in [5.74, 6) is 1.13. The van der Waals surface area contributed by atoms with Crippen LogP contribution in [0.1, 0.15) is 51.4 Å². The summed E-state index contributed by atoms with van der Waals surface area (Å²) in [4.78, 5) is 2.93. The predicted octanol–water partition coefficient (Wildman–Crippen LogP) is 2.39. The maximum Gasteiger partial charge on any atom is 0.0114 e. The highest BCUT2D eigenvalue weighted by molar-refractivity contribution is 5.08. The standard InChI is InChI=1S/C15H26N2/c1-16-12-8-13-4-5-14(9-12)17(13)10-15(6-7-15)11-2-3-11/h11-14,16H,2-10H2,1H3. The van der Waals surface area contributed by atoms with E-state index in [-0.39, 0.29) is 0 Å². The van der Waals surface area contributed by atoms with Gasteiger partial charge in [-0.2, -0.15) is 0 Å². The molecule has 0 spiro atoms. The van der Waals surface area contributed by atoms with Crippen LogP contribution in [0.3, 0.4) is 0 Å². The van der Waals surface area contributed by atoms with E-state index in [1.807, 2.05) is 0 Å². The molecule has 4 fully saturated rings. The number of nitrogens with zero attached hydrogens (tertiary/aromatic N) is 1. The second-order valence-corrected chi connectivity index (χ2v) is 7.15. The highest BCUT2D eigenvalue weighted by atomic mass is 15.2. The first-order chi connectivity index (χ1) is 8.31. The SMILES string of the molecule is CNC1CC2CCC(C1)N2CC1(C2CC2)CC1. The molecule has 17 heavy (non-hydrogen) atoms. The van der Waals surface area contributed by atoms with Crippen LogP contribution in [-0.2, 0) is 0 Å². The molecular weight excluding hydrogens is 208 g/mol. The van der Waals surface area contributed by atoms with Crippen LogP contribution in [0.2, 0.25) is 0 Å². The van der Waals surface area contributed by atoms with Gasteiger partial charge in [-0.25, -0.2) is 0 Å². The maximum atomic E-state index is 3.51. The van der Waals surface area contributed by atoms with Crippen LogP contribution < -0.4 is 5.32 Å². The summed E-state index contributed by atoms with van der Waals surface area (Å²) < 4.78 is 0. The van der Waals surface area contributed by atoms with Gasteiger partial charge in [0.25, 0.3) is 0 Å². The van der Waals surface area contributed by atoms with Crippen molar-refractivity contribution in [1.82, 2.24) is 10.2 Å². The Balaban J connectivity index is 1.45. The Kier molecular flexibility index (Phi) is 2.36. The van der Waals surface area contributed by atoms with Gasteiger partial charge in [0.2, 0.25) is 0 Å². The predicted molar refractivity (Wildman–Crippen MR) is 70.0 cm³/mol. The molecule has 2 atom stereocenters. The zero-order chi connectivity index (χ0) is 11.5. The van der Waals surface area contributed by atoms with E-state index in [2.05, 4.69) is 17.3 Å². The number of nitrogens with one attached hydrogen (secondary N) is 1. The van der Waals surface area contributed by atoms with E-state index < -0.39 is 0 Å². The molecule has 0 aromatic rings. The van der Waals surface area contributed by atoms with E-state index in [1.165, 1.54) is 32.2 Å². The van der Waals surface area contributed by atoms with Crippen LogP contribution in [0, 0.1) is 11.3 Å². The van der Waals surface area contributed by atoms with Gasteiger partial charge in [0.05, 0.1) is 0 Å². The van der Waals surface area contributed by atoms with E-state index in [4.69, 9.17) is 0 Å². The molecule has 4 rings (SSSR count). The fourth-order valence-corrected chi connectivity index (χ4v) is 4.68. The Hall–Kier alpha value is -0.0800. The molecule has 4 aliphatic rings. The molecular formula is C15H26N2. The van der Waals surface area contributed by atoms with Crippen molar-refractivity contribution in [3.05, 3.63) is 0 Å². The van der Waals surface area contributed by atoms with Gasteiger partial charge in [-0.1, -0.05) is 0 Å². The normalized spacial score (nSPS) is 43.9. The smallest absolute Gasteiger partial charge is 0.0114 e. The van der Waals surface area contributed by atoms with Crippen molar-refractivity contribution in [2.45, 2.75) is 69.5 Å². The van der Waals surface area contributed by atoms with Gasteiger partial charge in [-0.05, 0) is 69.7 Å². The number of rotatable bonds is 4. The molecule has 2 unspecified atom stereocenters. The quantitative estimate of drug-likeness (QED) is 0.803. The van der Waals surface area contributed by atoms with Gasteiger partial charge in [-0.3, -0.25) is 4.90 Å². The first kappa shape index (κ1) is 10.8. The monoisotopic (exact) mass is 234 g/mol. The molecule has 2 aliphatic heterocycles. The third-order valence-corrected chi connectivity index (χ3v) is 6.13. The highest BCUT2D eigenvalue weighted by Crippen LogP contribution is 2.62. The maximum absolute atomic E-state index is 3.51. The number of piperidine rings is 1. The van der Waals surface area contributed by atoms with Crippen molar-refractivity contribution >= 4 is 0 Å². The van der Waals surface area contributed by atoms with Crippen LogP contribution in [-0.4, -0.2) is 36.6 Å². The Bertz CT molecular complexity index is 292. The molecule has 1 N–H and O–H groups in total. The van der Waals surface area contributed by atoms with Crippen LogP contribution in [0.15, 0.2) is 0 Å². The van der Waals surface area contributed by atoms with Crippen LogP contribution in [0.4, 0.5) is 0 Å². The summed E-state index contributed by atoms with van der Waals surface area (Å²) in [5, 5.41) is 3.51. The lowest BCUT2D eigenvalue weighted by Gasteiger charge is -2.41. The van der Waals surface area contributed by atoms with E-state index >= 15 is 0 Å². The van der Waals surface area contributed by atoms with Gasteiger partial charge in [0.15, 0.2) is 0 Å². The lowest BCUT2D eigenvalue weighted by atomic mass is 9.93. The molecule has 2 saturated heterocycles. The van der Waals surface area contributed by atoms with Crippen LogP contribution in [0.5, 0.6) is 0 Å². The Morgan fingerprint density at radius 3 is 2.18 bits per heavy atom. The summed E-state index contributed by atoms with van der Waals surface area (Å²) in [6, 6.07) is 2.64. The minimum atomic E-state index is 0.805. The largest absolute Gasteiger partial charge is 0.317 e. The molecule has 0 aromatic carbocycles. The summed E-state index contributed by atoms with van der Waals surface area (Å²) in [5.41, 5.74) is 0.813. The fraction of sp³-hybridized carbons (Fsp3) is 1.00. The van der Waals surface area contributed by atoms with Crippen molar-refractivity contribution in [1.29, 1.82) is 0 Å². The lowest BCUT2D eigenvalue weighted by Crippen LogP contribution is -2.50. The molecule has 2 bridgehead atoms. The van der Waals surface area contributed by atoms with Crippen molar-refractivity contribution in [2.75, 3.05) is 13.6 Å². The van der Waals surface area contributed by atoms with Crippen molar-refractivity contribution in [2.24, 2.45) is 11.3 Å². The molecule has 2 saturated carbocycles. The zero-order valence-electron chi connectivity index (χ0n) is 11.1.